The maximum absolute atomic E-state index is 4.16. The molecule has 18 heavy (non-hydrogen) atoms. The molecule has 0 aromatic carbocycles. The summed E-state index contributed by atoms with van der Waals surface area (Å²) in [6.07, 6.45) is 4.20. The number of aryl methyl sites for hydroxylation is 1. The molecule has 1 unspecified atom stereocenters. The van der Waals surface area contributed by atoms with Crippen molar-refractivity contribution in [3.8, 4) is 0 Å². The van der Waals surface area contributed by atoms with Crippen LogP contribution >= 0.6 is 0 Å². The van der Waals surface area contributed by atoms with E-state index in [-0.39, 0.29) is 6.04 Å². The van der Waals surface area contributed by atoms with Gasteiger partial charge in [-0.25, -0.2) is 0 Å². The molecule has 2 rings (SSSR count). The third kappa shape index (κ3) is 3.09. The average Bonchev–Trinajstić information content (AvgIpc) is 2.76. The van der Waals surface area contributed by atoms with Crippen molar-refractivity contribution in [1.29, 1.82) is 0 Å². The smallest absolute Gasteiger partial charge is 0.149 e. The van der Waals surface area contributed by atoms with Crippen LogP contribution in [0, 0.1) is 0 Å². The van der Waals surface area contributed by atoms with Crippen molar-refractivity contribution in [1.82, 2.24) is 25.0 Å². The van der Waals surface area contributed by atoms with Gasteiger partial charge in [0.25, 0.3) is 0 Å². The molecule has 1 aromatic heterocycles. The molecule has 102 valence electrons. The highest BCUT2D eigenvalue weighted by Gasteiger charge is 2.23. The summed E-state index contributed by atoms with van der Waals surface area (Å²) >= 11 is 0. The van der Waals surface area contributed by atoms with Gasteiger partial charge in [-0.2, -0.15) is 0 Å². The minimum Gasteiger partial charge on any atom is -0.319 e. The molecule has 0 amide bonds. The van der Waals surface area contributed by atoms with Gasteiger partial charge in [0, 0.05) is 19.1 Å². The summed E-state index contributed by atoms with van der Waals surface area (Å²) in [6, 6.07) is 1.54. The third-order valence-corrected chi connectivity index (χ3v) is 3.88. The summed E-state index contributed by atoms with van der Waals surface area (Å²) < 4.78 is 1.99. The topological polar surface area (TPSA) is 46.0 Å². The number of nitrogens with zero attached hydrogens (tertiary/aromatic N) is 4. The molecule has 5 heteroatoms. The maximum Gasteiger partial charge on any atom is 0.149 e. The van der Waals surface area contributed by atoms with Crippen LogP contribution in [0.5, 0.6) is 0 Å². The predicted molar refractivity (Wildman–Crippen MR) is 72.3 cm³/mol. The van der Waals surface area contributed by atoms with Gasteiger partial charge in [0.2, 0.25) is 0 Å². The van der Waals surface area contributed by atoms with Gasteiger partial charge in [-0.1, -0.05) is 0 Å². The van der Waals surface area contributed by atoms with Gasteiger partial charge in [0.1, 0.15) is 12.2 Å². The van der Waals surface area contributed by atoms with Crippen LogP contribution < -0.4 is 5.32 Å². The molecular formula is C13H25N5. The largest absolute Gasteiger partial charge is 0.319 e. The molecule has 0 bridgehead atoms. The summed E-state index contributed by atoms with van der Waals surface area (Å²) in [4.78, 5) is 2.55. The molecular weight excluding hydrogens is 226 g/mol. The Balaban J connectivity index is 1.83. The molecule has 0 radical (unpaired) electrons. The van der Waals surface area contributed by atoms with Crippen molar-refractivity contribution in [2.45, 2.75) is 51.7 Å². The van der Waals surface area contributed by atoms with E-state index in [2.05, 4.69) is 41.2 Å². The number of rotatable bonds is 4. The second-order valence-electron chi connectivity index (χ2n) is 5.59. The predicted octanol–water partition coefficient (Wildman–Crippen LogP) is 1.34. The SMILES string of the molecule is CC(NC1CCN(C(C)C)CC1)c1nncn1C. The van der Waals surface area contributed by atoms with Gasteiger partial charge in [-0.15, -0.1) is 10.2 Å². The van der Waals surface area contributed by atoms with Crippen molar-refractivity contribution < 1.29 is 0 Å². The standard InChI is InChI=1S/C13H25N5/c1-10(2)18-7-5-12(6-8-18)15-11(3)13-16-14-9-17(13)4/h9-12,15H,5-8H2,1-4H3. The Morgan fingerprint density at radius 1 is 1.28 bits per heavy atom. The quantitative estimate of drug-likeness (QED) is 0.877. The Morgan fingerprint density at radius 3 is 2.44 bits per heavy atom. The normalized spacial score (nSPS) is 20.5. The van der Waals surface area contributed by atoms with E-state index in [1.54, 1.807) is 6.33 Å². The highest BCUT2D eigenvalue weighted by molar-refractivity contribution is 4.94. The van der Waals surface area contributed by atoms with Crippen LogP contribution in [0.25, 0.3) is 0 Å². The van der Waals surface area contributed by atoms with E-state index >= 15 is 0 Å². The van der Waals surface area contributed by atoms with Crippen molar-refractivity contribution in [2.75, 3.05) is 13.1 Å². The second-order valence-corrected chi connectivity index (χ2v) is 5.59. The first kappa shape index (κ1) is 13.5. The van der Waals surface area contributed by atoms with Crippen LogP contribution in [0.3, 0.4) is 0 Å². The summed E-state index contributed by atoms with van der Waals surface area (Å²) in [5, 5.41) is 11.8. The van der Waals surface area contributed by atoms with E-state index in [9.17, 15) is 0 Å². The Bertz CT molecular complexity index is 365. The van der Waals surface area contributed by atoms with Crippen LogP contribution in [0.1, 0.15) is 45.5 Å². The Labute approximate surface area is 110 Å². The van der Waals surface area contributed by atoms with E-state index in [0.29, 0.717) is 12.1 Å². The maximum atomic E-state index is 4.16. The van der Waals surface area contributed by atoms with Crippen molar-refractivity contribution in [3.05, 3.63) is 12.2 Å². The van der Waals surface area contributed by atoms with Crippen molar-refractivity contribution >= 4 is 0 Å². The van der Waals surface area contributed by atoms with E-state index in [4.69, 9.17) is 0 Å². The minimum absolute atomic E-state index is 0.271. The molecule has 1 atom stereocenters. The zero-order valence-electron chi connectivity index (χ0n) is 11.9. The number of hydrogen-bond donors (Lipinski definition) is 1. The van der Waals surface area contributed by atoms with Crippen LogP contribution in [0.15, 0.2) is 6.33 Å². The van der Waals surface area contributed by atoms with Crippen LogP contribution in [-0.2, 0) is 7.05 Å². The molecule has 1 aliphatic heterocycles. The summed E-state index contributed by atoms with van der Waals surface area (Å²) in [5.74, 6) is 1.02. The first-order chi connectivity index (χ1) is 8.58. The Morgan fingerprint density at radius 2 is 1.94 bits per heavy atom. The van der Waals surface area contributed by atoms with E-state index in [1.807, 2.05) is 11.6 Å². The molecule has 0 saturated carbocycles. The number of nitrogens with one attached hydrogen (secondary N) is 1. The number of hydrogen-bond acceptors (Lipinski definition) is 4. The molecule has 1 saturated heterocycles. The Hall–Kier alpha value is -0.940. The van der Waals surface area contributed by atoms with Crippen LogP contribution in [0.2, 0.25) is 0 Å². The molecule has 1 N–H and O–H groups in total. The van der Waals surface area contributed by atoms with Gasteiger partial charge < -0.3 is 14.8 Å². The minimum atomic E-state index is 0.271. The number of likely N-dealkylation sites (tertiary alicyclic amines) is 1. The molecule has 0 spiro atoms. The fraction of sp³-hybridized carbons (Fsp3) is 0.846. The van der Waals surface area contributed by atoms with Gasteiger partial charge in [-0.05, 0) is 46.7 Å². The molecule has 5 nitrogen and oxygen atoms in total. The fourth-order valence-electron chi connectivity index (χ4n) is 2.69. The fourth-order valence-corrected chi connectivity index (χ4v) is 2.69. The van der Waals surface area contributed by atoms with Gasteiger partial charge in [0.15, 0.2) is 0 Å². The van der Waals surface area contributed by atoms with Crippen molar-refractivity contribution in [2.24, 2.45) is 7.05 Å². The highest BCUT2D eigenvalue weighted by atomic mass is 15.3. The zero-order valence-corrected chi connectivity index (χ0v) is 11.9. The van der Waals surface area contributed by atoms with Crippen molar-refractivity contribution in [3.63, 3.8) is 0 Å². The van der Waals surface area contributed by atoms with Gasteiger partial charge in [0.05, 0.1) is 6.04 Å². The lowest BCUT2D eigenvalue weighted by Gasteiger charge is -2.35. The molecule has 0 aliphatic carbocycles. The lowest BCUT2D eigenvalue weighted by Crippen LogP contribution is -2.45. The van der Waals surface area contributed by atoms with Crippen LogP contribution in [0.4, 0.5) is 0 Å². The highest BCUT2D eigenvalue weighted by Crippen LogP contribution is 2.16. The van der Waals surface area contributed by atoms with E-state index in [1.165, 1.54) is 25.9 Å². The first-order valence-electron chi connectivity index (χ1n) is 6.92. The third-order valence-electron chi connectivity index (χ3n) is 3.88. The summed E-state index contributed by atoms with van der Waals surface area (Å²) in [7, 11) is 1.99. The van der Waals surface area contributed by atoms with Gasteiger partial charge in [-0.3, -0.25) is 0 Å². The van der Waals surface area contributed by atoms with Gasteiger partial charge >= 0.3 is 0 Å². The Kier molecular flexibility index (Phi) is 4.35. The molecule has 1 aromatic rings. The monoisotopic (exact) mass is 251 g/mol. The molecule has 1 aliphatic rings. The van der Waals surface area contributed by atoms with E-state index < -0.39 is 0 Å². The lowest BCUT2D eigenvalue weighted by atomic mass is 10.0. The summed E-state index contributed by atoms with van der Waals surface area (Å²) in [6.45, 7) is 9.10. The average molecular weight is 251 g/mol. The number of aromatic nitrogens is 3. The zero-order chi connectivity index (χ0) is 13.1. The summed E-state index contributed by atoms with van der Waals surface area (Å²) in [5.41, 5.74) is 0. The molecule has 2 heterocycles. The second kappa shape index (κ2) is 5.80. The first-order valence-corrected chi connectivity index (χ1v) is 6.92. The molecule has 1 fully saturated rings. The lowest BCUT2D eigenvalue weighted by molar-refractivity contribution is 0.156. The number of piperidine rings is 1. The van der Waals surface area contributed by atoms with E-state index in [0.717, 1.165) is 5.82 Å². The van der Waals surface area contributed by atoms with Crippen LogP contribution in [-0.4, -0.2) is 44.8 Å².